The zero-order valence-electron chi connectivity index (χ0n) is 9.90. The first-order valence-corrected chi connectivity index (χ1v) is 5.14. The Labute approximate surface area is 98.4 Å². The lowest BCUT2D eigenvalue weighted by Gasteiger charge is -2.30. The molecule has 0 aliphatic rings. The van der Waals surface area contributed by atoms with Gasteiger partial charge in [0.2, 0.25) is 0 Å². The Bertz CT molecular complexity index is 433. The van der Waals surface area contributed by atoms with E-state index in [1.807, 2.05) is 0 Å². The molecule has 1 unspecified atom stereocenters. The zero-order valence-corrected chi connectivity index (χ0v) is 9.90. The van der Waals surface area contributed by atoms with Crippen LogP contribution in [0.4, 0.5) is 15.8 Å². The third-order valence-electron chi connectivity index (χ3n) is 2.66. The first-order valence-electron chi connectivity index (χ1n) is 5.14. The van der Waals surface area contributed by atoms with Crippen LogP contribution in [-0.4, -0.2) is 21.7 Å². The van der Waals surface area contributed by atoms with Crippen LogP contribution in [0.1, 0.15) is 20.8 Å². The minimum atomic E-state index is -0.747. The van der Waals surface area contributed by atoms with Crippen molar-refractivity contribution in [3.05, 3.63) is 34.1 Å². The second kappa shape index (κ2) is 4.67. The van der Waals surface area contributed by atoms with Gasteiger partial charge in [0, 0.05) is 0 Å². The summed E-state index contributed by atoms with van der Waals surface area (Å²) < 4.78 is 12.9. The van der Waals surface area contributed by atoms with Crippen LogP contribution >= 0.6 is 0 Å². The predicted molar refractivity (Wildman–Crippen MR) is 62.4 cm³/mol. The van der Waals surface area contributed by atoms with Crippen LogP contribution in [0.2, 0.25) is 0 Å². The van der Waals surface area contributed by atoms with E-state index in [0.717, 1.165) is 12.1 Å². The normalized spacial score (nSPS) is 13.2. The number of nitrogens with one attached hydrogen (secondary N) is 1. The summed E-state index contributed by atoms with van der Waals surface area (Å²) in [4.78, 5) is 10.1. The molecule has 0 amide bonds. The molecular weight excluding hydrogens is 227 g/mol. The van der Waals surface area contributed by atoms with Crippen LogP contribution in [0.15, 0.2) is 18.2 Å². The van der Waals surface area contributed by atoms with E-state index in [1.165, 1.54) is 6.07 Å². The standard InChI is InChI=1S/C11H15FN2O3/c1-7(15)11(2,3)13-9-5-4-8(12)6-10(9)14(16)17/h4-7,13,15H,1-3H3. The predicted octanol–water partition coefficient (Wildman–Crippen LogP) is 2.31. The lowest BCUT2D eigenvalue weighted by molar-refractivity contribution is -0.384. The number of hydrogen-bond donors (Lipinski definition) is 2. The van der Waals surface area contributed by atoms with Crippen LogP contribution in [0, 0.1) is 15.9 Å². The fourth-order valence-corrected chi connectivity index (χ4v) is 1.21. The van der Waals surface area contributed by atoms with Crippen LogP contribution in [-0.2, 0) is 0 Å². The van der Waals surface area contributed by atoms with Crippen LogP contribution in [0.3, 0.4) is 0 Å². The van der Waals surface area contributed by atoms with Crippen molar-refractivity contribution in [1.82, 2.24) is 0 Å². The first kappa shape index (κ1) is 13.4. The second-order valence-corrected chi connectivity index (χ2v) is 4.44. The quantitative estimate of drug-likeness (QED) is 0.627. The number of anilines is 1. The fourth-order valence-electron chi connectivity index (χ4n) is 1.21. The summed E-state index contributed by atoms with van der Waals surface area (Å²) in [6.07, 6.45) is -0.716. The van der Waals surface area contributed by atoms with Crippen molar-refractivity contribution in [2.45, 2.75) is 32.4 Å². The largest absolute Gasteiger partial charge is 0.391 e. The van der Waals surface area contributed by atoms with Gasteiger partial charge in [-0.2, -0.15) is 0 Å². The number of nitro groups is 1. The lowest BCUT2D eigenvalue weighted by Crippen LogP contribution is -2.42. The summed E-state index contributed by atoms with van der Waals surface area (Å²) >= 11 is 0. The van der Waals surface area contributed by atoms with Crippen molar-refractivity contribution in [2.75, 3.05) is 5.32 Å². The molecule has 0 heterocycles. The number of hydrogen-bond acceptors (Lipinski definition) is 4. The average Bonchev–Trinajstić information content (AvgIpc) is 2.19. The molecule has 0 aliphatic heterocycles. The molecule has 94 valence electrons. The molecule has 1 aromatic rings. The maximum Gasteiger partial charge on any atom is 0.295 e. The zero-order chi connectivity index (χ0) is 13.2. The van der Waals surface area contributed by atoms with E-state index in [9.17, 15) is 19.6 Å². The summed E-state index contributed by atoms with van der Waals surface area (Å²) in [6, 6.07) is 3.27. The molecule has 0 saturated heterocycles. The molecule has 1 rings (SSSR count). The van der Waals surface area contributed by atoms with Crippen LogP contribution < -0.4 is 5.32 Å². The molecule has 6 heteroatoms. The monoisotopic (exact) mass is 242 g/mol. The van der Waals surface area contributed by atoms with Crippen molar-refractivity contribution in [2.24, 2.45) is 0 Å². The van der Waals surface area contributed by atoms with Crippen molar-refractivity contribution in [3.63, 3.8) is 0 Å². The summed E-state index contributed by atoms with van der Waals surface area (Å²) in [6.45, 7) is 4.97. The van der Waals surface area contributed by atoms with E-state index >= 15 is 0 Å². The Morgan fingerprint density at radius 1 is 1.53 bits per heavy atom. The highest BCUT2D eigenvalue weighted by Gasteiger charge is 2.27. The van der Waals surface area contributed by atoms with Gasteiger partial charge in [0.15, 0.2) is 0 Å². The molecule has 0 aromatic heterocycles. The topological polar surface area (TPSA) is 75.4 Å². The number of rotatable bonds is 4. The molecule has 0 saturated carbocycles. The fraction of sp³-hybridized carbons (Fsp3) is 0.455. The van der Waals surface area contributed by atoms with Crippen molar-refractivity contribution in [1.29, 1.82) is 0 Å². The minimum absolute atomic E-state index is 0.183. The minimum Gasteiger partial charge on any atom is -0.391 e. The third kappa shape index (κ3) is 3.13. The molecule has 0 fully saturated rings. The Hall–Kier alpha value is -1.69. The van der Waals surface area contributed by atoms with E-state index in [4.69, 9.17) is 0 Å². The average molecular weight is 242 g/mol. The molecule has 0 bridgehead atoms. The maximum atomic E-state index is 12.9. The van der Waals surface area contributed by atoms with Gasteiger partial charge in [-0.1, -0.05) is 0 Å². The maximum absolute atomic E-state index is 12.9. The number of aliphatic hydroxyl groups is 1. The smallest absolute Gasteiger partial charge is 0.295 e. The molecule has 0 aliphatic carbocycles. The molecule has 17 heavy (non-hydrogen) atoms. The molecule has 2 N–H and O–H groups in total. The molecular formula is C11H15FN2O3. The third-order valence-corrected chi connectivity index (χ3v) is 2.66. The number of nitrogens with zero attached hydrogens (tertiary/aromatic N) is 1. The Morgan fingerprint density at radius 2 is 2.12 bits per heavy atom. The van der Waals surface area contributed by atoms with Crippen molar-refractivity contribution in [3.8, 4) is 0 Å². The van der Waals surface area contributed by atoms with Gasteiger partial charge in [-0.25, -0.2) is 4.39 Å². The van der Waals surface area contributed by atoms with Gasteiger partial charge >= 0.3 is 0 Å². The molecule has 1 atom stereocenters. The molecule has 0 radical (unpaired) electrons. The molecule has 5 nitrogen and oxygen atoms in total. The second-order valence-electron chi connectivity index (χ2n) is 4.44. The van der Waals surface area contributed by atoms with E-state index in [-0.39, 0.29) is 11.4 Å². The van der Waals surface area contributed by atoms with Gasteiger partial charge < -0.3 is 10.4 Å². The van der Waals surface area contributed by atoms with Crippen molar-refractivity contribution < 1.29 is 14.4 Å². The number of aliphatic hydroxyl groups excluding tert-OH is 1. The Balaban J connectivity index is 3.11. The highest BCUT2D eigenvalue weighted by atomic mass is 19.1. The van der Waals surface area contributed by atoms with Gasteiger partial charge in [0.25, 0.3) is 5.69 Å². The van der Waals surface area contributed by atoms with Crippen molar-refractivity contribution >= 4 is 11.4 Å². The van der Waals surface area contributed by atoms with Crippen LogP contribution in [0.25, 0.3) is 0 Å². The number of halogens is 1. The van der Waals surface area contributed by atoms with Gasteiger partial charge in [0.1, 0.15) is 11.5 Å². The number of nitro benzene ring substituents is 1. The molecule has 1 aromatic carbocycles. The molecule has 0 spiro atoms. The van der Waals surface area contributed by atoms with E-state index < -0.39 is 22.4 Å². The van der Waals surface area contributed by atoms with Gasteiger partial charge in [-0.05, 0) is 32.9 Å². The lowest BCUT2D eigenvalue weighted by atomic mass is 9.98. The van der Waals surface area contributed by atoms with E-state index in [0.29, 0.717) is 0 Å². The van der Waals surface area contributed by atoms with Crippen LogP contribution in [0.5, 0.6) is 0 Å². The highest BCUT2D eigenvalue weighted by Crippen LogP contribution is 2.28. The first-order chi connectivity index (χ1) is 7.74. The SMILES string of the molecule is CC(O)C(C)(C)Nc1ccc(F)cc1[N+](=O)[O-]. The Morgan fingerprint density at radius 3 is 2.59 bits per heavy atom. The highest BCUT2D eigenvalue weighted by molar-refractivity contribution is 5.62. The van der Waals surface area contributed by atoms with E-state index in [2.05, 4.69) is 5.32 Å². The number of benzene rings is 1. The van der Waals surface area contributed by atoms with Gasteiger partial charge in [-0.3, -0.25) is 10.1 Å². The Kier molecular flexibility index (Phi) is 3.67. The van der Waals surface area contributed by atoms with Gasteiger partial charge in [-0.15, -0.1) is 0 Å². The van der Waals surface area contributed by atoms with Gasteiger partial charge in [0.05, 0.1) is 22.6 Å². The summed E-state index contributed by atoms with van der Waals surface area (Å²) in [7, 11) is 0. The summed E-state index contributed by atoms with van der Waals surface area (Å²) in [5.74, 6) is -0.669. The summed E-state index contributed by atoms with van der Waals surface area (Å²) in [5, 5.41) is 23.1. The van der Waals surface area contributed by atoms with E-state index in [1.54, 1.807) is 20.8 Å². The summed E-state index contributed by atoms with van der Waals surface area (Å²) in [5.41, 5.74) is -0.913.